The molecule has 2 nitrogen and oxygen atoms in total. The summed E-state index contributed by atoms with van der Waals surface area (Å²) in [6.45, 7) is 4.75. The van der Waals surface area contributed by atoms with Crippen LogP contribution in [0, 0.1) is 5.92 Å². The zero-order valence-corrected chi connectivity index (χ0v) is 7.93. The van der Waals surface area contributed by atoms with Gasteiger partial charge in [-0.3, -0.25) is 0 Å². The van der Waals surface area contributed by atoms with E-state index in [1.807, 2.05) is 7.05 Å². The van der Waals surface area contributed by atoms with Crippen molar-refractivity contribution < 1.29 is 0 Å². The first-order valence-electron chi connectivity index (χ1n) is 4.64. The van der Waals surface area contributed by atoms with Crippen molar-refractivity contribution in [3.05, 3.63) is 0 Å². The molecule has 11 heavy (non-hydrogen) atoms. The van der Waals surface area contributed by atoms with Crippen molar-refractivity contribution in [2.24, 2.45) is 5.92 Å². The molecule has 0 aliphatic carbocycles. The van der Waals surface area contributed by atoms with E-state index in [1.165, 1.54) is 25.9 Å². The molecule has 0 amide bonds. The fourth-order valence-electron chi connectivity index (χ4n) is 2.23. The maximum Gasteiger partial charge on any atom is 0.0130 e. The first kappa shape index (κ1) is 9.01. The number of nitrogens with one attached hydrogen (secondary N) is 1. The zero-order chi connectivity index (χ0) is 8.27. The van der Waals surface area contributed by atoms with Gasteiger partial charge in [0.25, 0.3) is 0 Å². The van der Waals surface area contributed by atoms with E-state index in [4.69, 9.17) is 0 Å². The minimum Gasteiger partial charge on any atom is -0.319 e. The van der Waals surface area contributed by atoms with Crippen LogP contribution in [-0.2, 0) is 0 Å². The summed E-state index contributed by atoms with van der Waals surface area (Å²) in [5.74, 6) is 0.884. The summed E-state index contributed by atoms with van der Waals surface area (Å²) in [6, 6.07) is 0.822. The van der Waals surface area contributed by atoms with E-state index in [1.54, 1.807) is 0 Å². The highest BCUT2D eigenvalue weighted by atomic mass is 15.2. The summed E-state index contributed by atoms with van der Waals surface area (Å²) in [4.78, 5) is 2.49. The van der Waals surface area contributed by atoms with Gasteiger partial charge in [0.05, 0.1) is 0 Å². The van der Waals surface area contributed by atoms with E-state index in [0.29, 0.717) is 0 Å². The van der Waals surface area contributed by atoms with E-state index >= 15 is 0 Å². The number of likely N-dealkylation sites (tertiary alicyclic amines) is 1. The summed E-state index contributed by atoms with van der Waals surface area (Å²) >= 11 is 0. The second kappa shape index (κ2) is 4.07. The SMILES string of the molecule is CC[C@@H]1[C@H](CNC)CCN1C. The lowest BCUT2D eigenvalue weighted by molar-refractivity contribution is 0.262. The number of nitrogens with zero attached hydrogens (tertiary/aromatic N) is 1. The lowest BCUT2D eigenvalue weighted by Gasteiger charge is -2.23. The summed E-state index contributed by atoms with van der Waals surface area (Å²) in [7, 11) is 4.29. The van der Waals surface area contributed by atoms with Crippen LogP contribution in [0.2, 0.25) is 0 Å². The first-order valence-corrected chi connectivity index (χ1v) is 4.64. The van der Waals surface area contributed by atoms with Gasteiger partial charge in [-0.05, 0) is 45.9 Å². The molecule has 0 bridgehead atoms. The van der Waals surface area contributed by atoms with E-state index in [9.17, 15) is 0 Å². The van der Waals surface area contributed by atoms with Crippen LogP contribution < -0.4 is 5.32 Å². The lowest BCUT2D eigenvalue weighted by atomic mass is 9.98. The van der Waals surface area contributed by atoms with E-state index in [-0.39, 0.29) is 0 Å². The molecule has 1 saturated heterocycles. The monoisotopic (exact) mass is 156 g/mol. The summed E-state index contributed by atoms with van der Waals surface area (Å²) in [5.41, 5.74) is 0. The second-order valence-corrected chi connectivity index (χ2v) is 3.56. The third kappa shape index (κ3) is 1.94. The average molecular weight is 156 g/mol. The molecule has 66 valence electrons. The Kier molecular flexibility index (Phi) is 3.34. The molecular weight excluding hydrogens is 136 g/mol. The quantitative estimate of drug-likeness (QED) is 0.654. The molecule has 1 heterocycles. The van der Waals surface area contributed by atoms with Crippen LogP contribution in [0.3, 0.4) is 0 Å². The van der Waals surface area contributed by atoms with Gasteiger partial charge in [-0.15, -0.1) is 0 Å². The molecule has 2 heteroatoms. The van der Waals surface area contributed by atoms with E-state index < -0.39 is 0 Å². The van der Waals surface area contributed by atoms with Gasteiger partial charge in [-0.2, -0.15) is 0 Å². The van der Waals surface area contributed by atoms with E-state index in [0.717, 1.165) is 12.0 Å². The molecule has 0 aromatic carbocycles. The Balaban J connectivity index is 2.40. The third-order valence-electron chi connectivity index (χ3n) is 2.85. The van der Waals surface area contributed by atoms with Crippen LogP contribution >= 0.6 is 0 Å². The molecular formula is C9H20N2. The fourth-order valence-corrected chi connectivity index (χ4v) is 2.23. The predicted molar refractivity (Wildman–Crippen MR) is 48.7 cm³/mol. The van der Waals surface area contributed by atoms with Crippen LogP contribution in [0.1, 0.15) is 19.8 Å². The number of hydrogen-bond donors (Lipinski definition) is 1. The highest BCUT2D eigenvalue weighted by Gasteiger charge is 2.29. The van der Waals surface area contributed by atoms with Crippen molar-refractivity contribution in [2.45, 2.75) is 25.8 Å². The Hall–Kier alpha value is -0.0800. The van der Waals surface area contributed by atoms with Gasteiger partial charge in [0.1, 0.15) is 0 Å². The topological polar surface area (TPSA) is 15.3 Å². The zero-order valence-electron chi connectivity index (χ0n) is 7.93. The van der Waals surface area contributed by atoms with Gasteiger partial charge in [0.15, 0.2) is 0 Å². The van der Waals surface area contributed by atoms with Gasteiger partial charge in [-0.1, -0.05) is 6.92 Å². The highest BCUT2D eigenvalue weighted by molar-refractivity contribution is 4.84. The van der Waals surface area contributed by atoms with Gasteiger partial charge < -0.3 is 10.2 Å². The Morgan fingerprint density at radius 2 is 2.27 bits per heavy atom. The Labute approximate surface area is 70.0 Å². The molecule has 1 rings (SSSR count). The molecule has 1 N–H and O–H groups in total. The van der Waals surface area contributed by atoms with Crippen LogP contribution in [0.15, 0.2) is 0 Å². The number of hydrogen-bond acceptors (Lipinski definition) is 2. The molecule has 0 unspecified atom stereocenters. The predicted octanol–water partition coefficient (Wildman–Crippen LogP) is 0.936. The lowest BCUT2D eigenvalue weighted by Crippen LogP contribution is -2.32. The molecule has 0 radical (unpaired) electrons. The average Bonchev–Trinajstić information content (AvgIpc) is 2.33. The van der Waals surface area contributed by atoms with Crippen molar-refractivity contribution in [3.63, 3.8) is 0 Å². The largest absolute Gasteiger partial charge is 0.319 e. The van der Waals surface area contributed by atoms with Gasteiger partial charge >= 0.3 is 0 Å². The molecule has 1 aliphatic heterocycles. The summed E-state index contributed by atoms with van der Waals surface area (Å²) < 4.78 is 0. The molecule has 0 aromatic heterocycles. The fraction of sp³-hybridized carbons (Fsp3) is 1.00. The highest BCUT2D eigenvalue weighted by Crippen LogP contribution is 2.24. The Morgan fingerprint density at radius 3 is 2.82 bits per heavy atom. The van der Waals surface area contributed by atoms with Crippen molar-refractivity contribution >= 4 is 0 Å². The number of rotatable bonds is 3. The van der Waals surface area contributed by atoms with Crippen molar-refractivity contribution in [2.75, 3.05) is 27.2 Å². The molecule has 0 saturated carbocycles. The molecule has 0 aromatic rings. The van der Waals surface area contributed by atoms with Crippen molar-refractivity contribution in [1.82, 2.24) is 10.2 Å². The Bertz CT molecular complexity index is 112. The van der Waals surface area contributed by atoms with Crippen LogP contribution in [0.5, 0.6) is 0 Å². The summed E-state index contributed by atoms with van der Waals surface area (Å²) in [5, 5.41) is 3.27. The van der Waals surface area contributed by atoms with Crippen molar-refractivity contribution in [1.29, 1.82) is 0 Å². The van der Waals surface area contributed by atoms with E-state index in [2.05, 4.69) is 24.2 Å². The molecule has 1 fully saturated rings. The normalized spacial score (nSPS) is 33.0. The van der Waals surface area contributed by atoms with Gasteiger partial charge in [0.2, 0.25) is 0 Å². The standard InChI is InChI=1S/C9H20N2/c1-4-9-8(7-10-2)5-6-11(9)3/h8-10H,4-7H2,1-3H3/t8-,9+/m0/s1. The minimum absolute atomic E-state index is 0.822. The smallest absolute Gasteiger partial charge is 0.0130 e. The maximum atomic E-state index is 3.27. The maximum absolute atomic E-state index is 3.27. The minimum atomic E-state index is 0.822. The first-order chi connectivity index (χ1) is 5.29. The van der Waals surface area contributed by atoms with Crippen molar-refractivity contribution in [3.8, 4) is 0 Å². The third-order valence-corrected chi connectivity index (χ3v) is 2.85. The van der Waals surface area contributed by atoms with Crippen LogP contribution in [-0.4, -0.2) is 38.1 Å². The second-order valence-electron chi connectivity index (χ2n) is 3.56. The summed E-state index contributed by atoms with van der Waals surface area (Å²) in [6.07, 6.45) is 2.67. The molecule has 2 atom stereocenters. The van der Waals surface area contributed by atoms with Crippen LogP contribution in [0.4, 0.5) is 0 Å². The van der Waals surface area contributed by atoms with Gasteiger partial charge in [0, 0.05) is 6.04 Å². The molecule has 1 aliphatic rings. The van der Waals surface area contributed by atoms with Gasteiger partial charge in [-0.25, -0.2) is 0 Å². The Morgan fingerprint density at radius 1 is 1.55 bits per heavy atom. The van der Waals surface area contributed by atoms with Crippen LogP contribution in [0.25, 0.3) is 0 Å². The molecule has 0 spiro atoms.